The lowest BCUT2D eigenvalue weighted by atomic mass is 9.87. The second-order valence-corrected chi connectivity index (χ2v) is 8.57. The molecule has 2 aliphatic rings. The number of aromatic nitrogens is 3. The number of carbonyl (C=O) groups is 2. The van der Waals surface area contributed by atoms with Crippen LogP contribution in [0.1, 0.15) is 54.7 Å². The van der Waals surface area contributed by atoms with Gasteiger partial charge in [-0.15, -0.1) is 0 Å². The van der Waals surface area contributed by atoms with E-state index in [2.05, 4.69) is 15.0 Å². The van der Waals surface area contributed by atoms with Gasteiger partial charge >= 0.3 is 0 Å². The van der Waals surface area contributed by atoms with E-state index in [1.807, 2.05) is 24.3 Å². The summed E-state index contributed by atoms with van der Waals surface area (Å²) in [5.74, 6) is 1.93. The Balaban J connectivity index is 1.24. The molecule has 2 fully saturated rings. The van der Waals surface area contributed by atoms with Gasteiger partial charge in [-0.05, 0) is 30.5 Å². The van der Waals surface area contributed by atoms with Gasteiger partial charge in [-0.1, -0.05) is 38.2 Å². The minimum atomic E-state index is -0.0309. The molecule has 0 unspecified atom stereocenters. The van der Waals surface area contributed by atoms with Crippen molar-refractivity contribution < 1.29 is 14.3 Å². The maximum atomic E-state index is 13.0. The SMILES string of the molecule is O=C(Cc1ncncn1)N1CCN(C(=O)c2cccc(OCCC3CCCCC3)c2)CC1. The van der Waals surface area contributed by atoms with Gasteiger partial charge in [0.25, 0.3) is 5.91 Å². The molecule has 170 valence electrons. The van der Waals surface area contributed by atoms with Crippen LogP contribution in [0, 0.1) is 5.92 Å². The van der Waals surface area contributed by atoms with Gasteiger partial charge in [0, 0.05) is 31.7 Å². The monoisotopic (exact) mass is 437 g/mol. The van der Waals surface area contributed by atoms with Crippen LogP contribution in [0.2, 0.25) is 0 Å². The van der Waals surface area contributed by atoms with Crippen molar-refractivity contribution in [2.45, 2.75) is 44.9 Å². The Kier molecular flexibility index (Phi) is 7.64. The Morgan fingerprint density at radius 3 is 2.44 bits per heavy atom. The zero-order chi connectivity index (χ0) is 22.2. The summed E-state index contributed by atoms with van der Waals surface area (Å²) in [6.45, 7) is 2.73. The summed E-state index contributed by atoms with van der Waals surface area (Å²) in [7, 11) is 0. The smallest absolute Gasteiger partial charge is 0.254 e. The molecule has 2 aromatic rings. The van der Waals surface area contributed by atoms with Crippen molar-refractivity contribution in [1.29, 1.82) is 0 Å². The fraction of sp³-hybridized carbons (Fsp3) is 0.542. The summed E-state index contributed by atoms with van der Waals surface area (Å²) < 4.78 is 5.95. The highest BCUT2D eigenvalue weighted by molar-refractivity contribution is 5.94. The summed E-state index contributed by atoms with van der Waals surface area (Å²) in [5.41, 5.74) is 0.630. The van der Waals surface area contributed by atoms with E-state index < -0.39 is 0 Å². The van der Waals surface area contributed by atoms with Gasteiger partial charge in [-0.2, -0.15) is 0 Å². The first-order valence-electron chi connectivity index (χ1n) is 11.6. The number of hydrogen-bond acceptors (Lipinski definition) is 6. The highest BCUT2D eigenvalue weighted by Gasteiger charge is 2.25. The molecular formula is C24H31N5O3. The van der Waals surface area contributed by atoms with E-state index >= 15 is 0 Å². The molecule has 0 N–H and O–H groups in total. The van der Waals surface area contributed by atoms with Gasteiger partial charge in [-0.3, -0.25) is 9.59 Å². The summed E-state index contributed by atoms with van der Waals surface area (Å²) in [6.07, 6.45) is 10.7. The molecule has 2 amide bonds. The molecule has 1 aromatic carbocycles. The minimum absolute atomic E-state index is 0.0210. The van der Waals surface area contributed by atoms with Gasteiger partial charge < -0.3 is 14.5 Å². The van der Waals surface area contributed by atoms with E-state index in [4.69, 9.17) is 4.74 Å². The minimum Gasteiger partial charge on any atom is -0.494 e. The number of hydrogen-bond donors (Lipinski definition) is 0. The number of rotatable bonds is 7. The van der Waals surface area contributed by atoms with Crippen LogP contribution < -0.4 is 4.74 Å². The van der Waals surface area contributed by atoms with Gasteiger partial charge in [0.05, 0.1) is 13.0 Å². The number of amides is 2. The first-order valence-corrected chi connectivity index (χ1v) is 11.6. The Hall–Kier alpha value is -3.03. The average molecular weight is 438 g/mol. The van der Waals surface area contributed by atoms with Crippen molar-refractivity contribution in [1.82, 2.24) is 24.8 Å². The second-order valence-electron chi connectivity index (χ2n) is 8.57. The number of piperazine rings is 1. The quantitative estimate of drug-likeness (QED) is 0.662. The van der Waals surface area contributed by atoms with Crippen LogP contribution in [0.4, 0.5) is 0 Å². The van der Waals surface area contributed by atoms with Crippen LogP contribution in [0.3, 0.4) is 0 Å². The van der Waals surface area contributed by atoms with Crippen molar-refractivity contribution in [3.63, 3.8) is 0 Å². The van der Waals surface area contributed by atoms with E-state index in [0.717, 1.165) is 18.1 Å². The van der Waals surface area contributed by atoms with Crippen LogP contribution in [0.5, 0.6) is 5.75 Å². The number of carbonyl (C=O) groups excluding carboxylic acids is 2. The maximum absolute atomic E-state index is 13.0. The summed E-state index contributed by atoms with van der Waals surface area (Å²) >= 11 is 0. The van der Waals surface area contributed by atoms with Crippen molar-refractivity contribution >= 4 is 11.8 Å². The fourth-order valence-electron chi connectivity index (χ4n) is 4.48. The van der Waals surface area contributed by atoms with E-state index in [9.17, 15) is 9.59 Å². The number of benzene rings is 1. The van der Waals surface area contributed by atoms with Crippen molar-refractivity contribution in [2.24, 2.45) is 5.92 Å². The van der Waals surface area contributed by atoms with E-state index in [1.54, 1.807) is 9.80 Å². The second kappa shape index (κ2) is 11.0. The molecule has 1 saturated carbocycles. The Labute approximate surface area is 189 Å². The number of nitrogens with zero attached hydrogens (tertiary/aromatic N) is 5. The molecule has 1 aromatic heterocycles. The average Bonchev–Trinajstić information content (AvgIpc) is 2.85. The lowest BCUT2D eigenvalue weighted by Crippen LogP contribution is -2.51. The standard InChI is InChI=1S/C24H31N5O3/c30-23(16-22-26-17-25-18-27-22)28-10-12-29(13-11-28)24(31)20-7-4-8-21(15-20)32-14-9-19-5-2-1-3-6-19/h4,7-8,15,17-19H,1-3,5-6,9-14,16H2. The van der Waals surface area contributed by atoms with Crippen LogP contribution in [0.25, 0.3) is 0 Å². The highest BCUT2D eigenvalue weighted by Crippen LogP contribution is 2.26. The van der Waals surface area contributed by atoms with Crippen molar-refractivity contribution in [3.8, 4) is 5.75 Å². The van der Waals surface area contributed by atoms with Crippen LogP contribution in [-0.4, -0.2) is 69.4 Å². The Morgan fingerprint density at radius 2 is 1.69 bits per heavy atom. The number of ether oxygens (including phenoxy) is 1. The predicted octanol–water partition coefficient (Wildman–Crippen LogP) is 2.75. The lowest BCUT2D eigenvalue weighted by molar-refractivity contribution is -0.132. The van der Waals surface area contributed by atoms with Gasteiger partial charge in [0.15, 0.2) is 0 Å². The summed E-state index contributed by atoms with van der Waals surface area (Å²) in [4.78, 5) is 40.8. The third-order valence-electron chi connectivity index (χ3n) is 6.38. The molecule has 2 heterocycles. The molecule has 4 rings (SSSR count). The molecule has 8 heteroatoms. The molecule has 1 aliphatic heterocycles. The largest absolute Gasteiger partial charge is 0.494 e. The van der Waals surface area contributed by atoms with Crippen LogP contribution in [0.15, 0.2) is 36.9 Å². The highest BCUT2D eigenvalue weighted by atomic mass is 16.5. The molecule has 0 atom stereocenters. The lowest BCUT2D eigenvalue weighted by Gasteiger charge is -2.34. The third kappa shape index (κ3) is 6.02. The molecular weight excluding hydrogens is 406 g/mol. The van der Waals surface area contributed by atoms with Crippen molar-refractivity contribution in [2.75, 3.05) is 32.8 Å². The first kappa shape index (κ1) is 22.2. The molecule has 8 nitrogen and oxygen atoms in total. The first-order chi connectivity index (χ1) is 15.7. The molecule has 32 heavy (non-hydrogen) atoms. The zero-order valence-electron chi connectivity index (χ0n) is 18.5. The summed E-state index contributed by atoms with van der Waals surface area (Å²) in [5, 5.41) is 0. The van der Waals surface area contributed by atoms with Crippen LogP contribution in [-0.2, 0) is 11.2 Å². The normalized spacial score (nSPS) is 17.2. The van der Waals surface area contributed by atoms with E-state index in [0.29, 0.717) is 44.2 Å². The molecule has 0 radical (unpaired) electrons. The maximum Gasteiger partial charge on any atom is 0.254 e. The molecule has 0 spiro atoms. The Morgan fingerprint density at radius 1 is 0.969 bits per heavy atom. The summed E-state index contributed by atoms with van der Waals surface area (Å²) in [6, 6.07) is 7.45. The van der Waals surface area contributed by atoms with E-state index in [1.165, 1.54) is 44.8 Å². The molecule has 0 bridgehead atoms. The molecule has 1 saturated heterocycles. The zero-order valence-corrected chi connectivity index (χ0v) is 18.5. The van der Waals surface area contributed by atoms with Gasteiger partial charge in [0.1, 0.15) is 24.2 Å². The van der Waals surface area contributed by atoms with Crippen molar-refractivity contribution in [3.05, 3.63) is 48.3 Å². The predicted molar refractivity (Wildman–Crippen MR) is 119 cm³/mol. The fourth-order valence-corrected chi connectivity index (χ4v) is 4.48. The van der Waals surface area contributed by atoms with E-state index in [-0.39, 0.29) is 18.2 Å². The molecule has 1 aliphatic carbocycles. The topological polar surface area (TPSA) is 88.5 Å². The van der Waals surface area contributed by atoms with Gasteiger partial charge in [-0.25, -0.2) is 15.0 Å². The van der Waals surface area contributed by atoms with Crippen LogP contribution >= 0.6 is 0 Å². The Bertz CT molecular complexity index is 894. The van der Waals surface area contributed by atoms with Gasteiger partial charge in [0.2, 0.25) is 5.91 Å². The third-order valence-corrected chi connectivity index (χ3v) is 6.38.